The van der Waals surface area contributed by atoms with Crippen LogP contribution in [-0.4, -0.2) is 48.5 Å². The molecule has 8 heteroatoms. The molecule has 4 heterocycles. The molecule has 0 aliphatic carbocycles. The van der Waals surface area contributed by atoms with E-state index in [0.29, 0.717) is 40.4 Å². The van der Waals surface area contributed by atoms with Gasteiger partial charge in [-0.05, 0) is 30.3 Å². The first-order chi connectivity index (χ1) is 14.1. The van der Waals surface area contributed by atoms with Crippen LogP contribution >= 0.6 is 11.3 Å². The number of rotatable bonds is 4. The summed E-state index contributed by atoms with van der Waals surface area (Å²) < 4.78 is 5.43. The van der Waals surface area contributed by atoms with E-state index in [-0.39, 0.29) is 0 Å². The van der Waals surface area contributed by atoms with Crippen LogP contribution in [0, 0.1) is 0 Å². The Bertz CT molecular complexity index is 1250. The number of pyridine rings is 1. The number of aldehydes is 1. The number of nitrogens with two attached hydrogens (primary N) is 1. The third-order valence-corrected chi connectivity index (χ3v) is 6.07. The largest absolute Gasteiger partial charge is 0.378 e. The lowest BCUT2D eigenvalue weighted by molar-refractivity contribution is 0.100. The highest BCUT2D eigenvalue weighted by atomic mass is 32.1. The number of fused-ring (bicyclic) bond motifs is 3. The minimum atomic E-state index is -0.524. The number of H-pyrrole nitrogens is 1. The molecule has 1 fully saturated rings. The normalized spacial score (nSPS) is 14.6. The monoisotopic (exact) mass is 406 g/mol. The second-order valence-electron chi connectivity index (χ2n) is 6.95. The smallest absolute Gasteiger partial charge is 0.250 e. The maximum absolute atomic E-state index is 12.1. The lowest BCUT2D eigenvalue weighted by Gasteiger charge is -2.28. The van der Waals surface area contributed by atoms with Gasteiger partial charge in [0, 0.05) is 35.1 Å². The number of primary amides is 1. The van der Waals surface area contributed by atoms with Gasteiger partial charge in [-0.3, -0.25) is 9.59 Å². The minimum Gasteiger partial charge on any atom is -0.378 e. The Morgan fingerprint density at radius 3 is 2.79 bits per heavy atom. The highest BCUT2D eigenvalue weighted by molar-refractivity contribution is 7.12. The molecule has 1 aliphatic heterocycles. The molecule has 0 atom stereocenters. The molecule has 3 N–H and O–H groups in total. The predicted molar refractivity (Wildman–Crippen MR) is 114 cm³/mol. The Kier molecular flexibility index (Phi) is 4.30. The van der Waals surface area contributed by atoms with Crippen molar-refractivity contribution in [3.05, 3.63) is 46.2 Å². The number of nitrogens with one attached hydrogen (secondary N) is 1. The van der Waals surface area contributed by atoms with Gasteiger partial charge in [0.05, 0.1) is 45.9 Å². The van der Waals surface area contributed by atoms with E-state index < -0.39 is 5.91 Å². The van der Waals surface area contributed by atoms with E-state index in [9.17, 15) is 9.59 Å². The van der Waals surface area contributed by atoms with Crippen LogP contribution in [0.25, 0.3) is 33.2 Å². The molecule has 0 bridgehead atoms. The number of anilines is 1. The molecule has 1 aromatic carbocycles. The average Bonchev–Trinajstić information content (AvgIpc) is 3.37. The molecule has 3 aromatic heterocycles. The second-order valence-corrected chi connectivity index (χ2v) is 7.90. The lowest BCUT2D eigenvalue weighted by atomic mass is 10.1. The van der Waals surface area contributed by atoms with Crippen LogP contribution in [0.4, 0.5) is 5.69 Å². The molecular formula is C21H18N4O3S. The summed E-state index contributed by atoms with van der Waals surface area (Å²) in [5.74, 6) is -0.524. The number of morpholine rings is 1. The second kappa shape index (κ2) is 6.98. The first-order valence-electron chi connectivity index (χ1n) is 9.27. The van der Waals surface area contributed by atoms with Crippen LogP contribution in [-0.2, 0) is 4.74 Å². The Morgan fingerprint density at radius 2 is 2.07 bits per heavy atom. The van der Waals surface area contributed by atoms with Gasteiger partial charge in [-0.2, -0.15) is 0 Å². The van der Waals surface area contributed by atoms with Crippen molar-refractivity contribution < 1.29 is 14.3 Å². The molecule has 29 heavy (non-hydrogen) atoms. The van der Waals surface area contributed by atoms with Gasteiger partial charge in [0.1, 0.15) is 0 Å². The fraction of sp³-hybridized carbons (Fsp3) is 0.190. The van der Waals surface area contributed by atoms with E-state index in [0.717, 1.165) is 41.5 Å². The number of carbonyl (C=O) groups excluding carboxylic acids is 2. The first kappa shape index (κ1) is 17.8. The van der Waals surface area contributed by atoms with Crippen molar-refractivity contribution in [2.45, 2.75) is 0 Å². The summed E-state index contributed by atoms with van der Waals surface area (Å²) in [5, 5.41) is 2.78. The van der Waals surface area contributed by atoms with Gasteiger partial charge in [0.25, 0.3) is 5.91 Å². The third kappa shape index (κ3) is 3.06. The van der Waals surface area contributed by atoms with Crippen molar-refractivity contribution in [2.75, 3.05) is 31.2 Å². The number of amides is 1. The van der Waals surface area contributed by atoms with Crippen molar-refractivity contribution in [1.82, 2.24) is 9.97 Å². The summed E-state index contributed by atoms with van der Waals surface area (Å²) in [6.45, 7) is 3.12. The Balaban J connectivity index is 1.69. The molecular weight excluding hydrogens is 388 g/mol. The topological polar surface area (TPSA) is 101 Å². The standard InChI is InChI=1S/C21H18N4O3S/c22-21(27)16-9-17(12-7-14(10-26)29-11-12)23-19-15-2-1-13(8-18(15)24-20(16)19)25-3-5-28-6-4-25/h1-2,7-11,24H,3-6H2,(H2,22,27). The third-order valence-electron chi connectivity index (χ3n) is 5.21. The van der Waals surface area contributed by atoms with Crippen molar-refractivity contribution in [3.8, 4) is 11.3 Å². The molecule has 5 rings (SSSR count). The Morgan fingerprint density at radius 1 is 1.24 bits per heavy atom. The number of benzene rings is 1. The van der Waals surface area contributed by atoms with Crippen LogP contribution in [0.3, 0.4) is 0 Å². The molecule has 4 aromatic rings. The number of aromatic amines is 1. The fourth-order valence-electron chi connectivity index (χ4n) is 3.75. The van der Waals surface area contributed by atoms with E-state index >= 15 is 0 Å². The Hall–Kier alpha value is -3.23. The highest BCUT2D eigenvalue weighted by Crippen LogP contribution is 2.33. The molecule has 1 aliphatic rings. The molecule has 1 amide bonds. The van der Waals surface area contributed by atoms with Gasteiger partial charge in [0.2, 0.25) is 0 Å². The average molecular weight is 406 g/mol. The SMILES string of the molecule is NC(=O)c1cc(-c2csc(C=O)c2)nc2c1[nH]c1cc(N3CCOCC3)ccc12. The number of hydrogen-bond acceptors (Lipinski definition) is 6. The van der Waals surface area contributed by atoms with E-state index in [1.54, 1.807) is 12.1 Å². The molecule has 0 unspecified atom stereocenters. The van der Waals surface area contributed by atoms with E-state index in [1.165, 1.54) is 11.3 Å². The van der Waals surface area contributed by atoms with Gasteiger partial charge < -0.3 is 20.4 Å². The number of ether oxygens (including phenoxy) is 1. The van der Waals surface area contributed by atoms with Crippen molar-refractivity contribution >= 4 is 51.2 Å². The lowest BCUT2D eigenvalue weighted by Crippen LogP contribution is -2.36. The Labute approximate surface area is 170 Å². The van der Waals surface area contributed by atoms with Crippen LogP contribution in [0.5, 0.6) is 0 Å². The minimum absolute atomic E-state index is 0.382. The number of nitrogens with zero attached hydrogens (tertiary/aromatic N) is 2. The maximum atomic E-state index is 12.1. The fourth-order valence-corrected chi connectivity index (χ4v) is 4.46. The summed E-state index contributed by atoms with van der Waals surface area (Å²) in [7, 11) is 0. The van der Waals surface area contributed by atoms with Gasteiger partial charge in [-0.15, -0.1) is 11.3 Å². The first-order valence-corrected chi connectivity index (χ1v) is 10.1. The molecule has 7 nitrogen and oxygen atoms in total. The van der Waals surface area contributed by atoms with Crippen molar-refractivity contribution in [3.63, 3.8) is 0 Å². The maximum Gasteiger partial charge on any atom is 0.250 e. The van der Waals surface area contributed by atoms with Gasteiger partial charge in [-0.25, -0.2) is 4.98 Å². The number of aromatic nitrogens is 2. The molecule has 0 radical (unpaired) electrons. The van der Waals surface area contributed by atoms with Crippen LogP contribution in [0.15, 0.2) is 35.7 Å². The zero-order chi connectivity index (χ0) is 20.0. The number of thiophene rings is 1. The van der Waals surface area contributed by atoms with E-state index in [2.05, 4.69) is 22.0 Å². The summed E-state index contributed by atoms with van der Waals surface area (Å²) in [6, 6.07) is 9.60. The highest BCUT2D eigenvalue weighted by Gasteiger charge is 2.18. The van der Waals surface area contributed by atoms with Crippen LogP contribution < -0.4 is 10.6 Å². The summed E-state index contributed by atoms with van der Waals surface area (Å²) >= 11 is 1.34. The summed E-state index contributed by atoms with van der Waals surface area (Å²) in [5.41, 5.74) is 10.8. The van der Waals surface area contributed by atoms with Gasteiger partial charge in [0.15, 0.2) is 6.29 Å². The van der Waals surface area contributed by atoms with Crippen LogP contribution in [0.2, 0.25) is 0 Å². The zero-order valence-electron chi connectivity index (χ0n) is 15.5. The quantitative estimate of drug-likeness (QED) is 0.507. The zero-order valence-corrected chi connectivity index (χ0v) is 16.3. The number of hydrogen-bond donors (Lipinski definition) is 2. The van der Waals surface area contributed by atoms with Crippen molar-refractivity contribution in [2.24, 2.45) is 5.73 Å². The van der Waals surface area contributed by atoms with Gasteiger partial charge in [-0.1, -0.05) is 0 Å². The molecule has 1 saturated heterocycles. The van der Waals surface area contributed by atoms with Crippen molar-refractivity contribution in [1.29, 1.82) is 0 Å². The number of carbonyl (C=O) groups is 2. The van der Waals surface area contributed by atoms with E-state index in [4.69, 9.17) is 15.5 Å². The van der Waals surface area contributed by atoms with E-state index in [1.807, 2.05) is 11.4 Å². The predicted octanol–water partition coefficient (Wildman–Crippen LogP) is 3.19. The van der Waals surface area contributed by atoms with Gasteiger partial charge >= 0.3 is 0 Å². The van der Waals surface area contributed by atoms with Crippen LogP contribution in [0.1, 0.15) is 20.0 Å². The summed E-state index contributed by atoms with van der Waals surface area (Å²) in [6.07, 6.45) is 0.806. The molecule has 146 valence electrons. The molecule has 0 spiro atoms. The molecule has 0 saturated carbocycles. The summed E-state index contributed by atoms with van der Waals surface area (Å²) in [4.78, 5) is 34.2.